The molecule has 1 saturated heterocycles. The van der Waals surface area contributed by atoms with Crippen molar-refractivity contribution in [1.29, 1.82) is 0 Å². The first kappa shape index (κ1) is 21.3. The Morgan fingerprint density at radius 2 is 1.86 bits per heavy atom. The number of aryl methyl sites for hydroxylation is 1. The average Bonchev–Trinajstić information content (AvgIpc) is 2.74. The fraction of sp³-hybridized carbons (Fsp3) is 0.458. The van der Waals surface area contributed by atoms with Crippen molar-refractivity contribution in [1.82, 2.24) is 10.2 Å². The lowest BCUT2D eigenvalue weighted by Gasteiger charge is -2.32. The number of nitrogens with zero attached hydrogens (tertiary/aromatic N) is 1. The predicted octanol–water partition coefficient (Wildman–Crippen LogP) is 4.19. The summed E-state index contributed by atoms with van der Waals surface area (Å²) in [4.78, 5) is 14.9. The van der Waals surface area contributed by atoms with Gasteiger partial charge >= 0.3 is 0 Å². The molecule has 1 aliphatic rings. The number of hydrogen-bond donors (Lipinski definition) is 1. The molecule has 3 rings (SSSR count). The molecule has 0 bridgehead atoms. The molecule has 1 heterocycles. The van der Waals surface area contributed by atoms with Gasteiger partial charge in [-0.15, -0.1) is 0 Å². The monoisotopic (exact) mass is 398 g/mol. The van der Waals surface area contributed by atoms with Crippen LogP contribution >= 0.6 is 0 Å². The third kappa shape index (κ3) is 6.86. The van der Waals surface area contributed by atoms with E-state index in [-0.39, 0.29) is 17.6 Å². The third-order valence-electron chi connectivity index (χ3n) is 5.37. The highest BCUT2D eigenvalue weighted by molar-refractivity contribution is 5.78. The number of nitrogens with one attached hydrogen (secondary N) is 1. The number of halogens is 1. The van der Waals surface area contributed by atoms with E-state index < -0.39 is 0 Å². The molecule has 5 heteroatoms. The molecule has 0 aromatic heterocycles. The summed E-state index contributed by atoms with van der Waals surface area (Å²) < 4.78 is 18.5. The molecule has 1 fully saturated rings. The fourth-order valence-corrected chi connectivity index (χ4v) is 3.83. The summed E-state index contributed by atoms with van der Waals surface area (Å²) >= 11 is 0. The van der Waals surface area contributed by atoms with Gasteiger partial charge in [-0.2, -0.15) is 0 Å². The first-order valence-corrected chi connectivity index (χ1v) is 10.6. The maximum Gasteiger partial charge on any atom is 0.224 e. The van der Waals surface area contributed by atoms with Crippen LogP contribution in [0, 0.1) is 11.7 Å². The van der Waals surface area contributed by atoms with E-state index >= 15 is 0 Å². The molecular weight excluding hydrogens is 367 g/mol. The quantitative estimate of drug-likeness (QED) is 0.644. The van der Waals surface area contributed by atoms with Crippen molar-refractivity contribution in [3.05, 3.63) is 65.5 Å². The molecule has 0 radical (unpaired) electrons. The number of likely N-dealkylation sites (tertiary alicyclic amines) is 1. The van der Waals surface area contributed by atoms with E-state index in [0.29, 0.717) is 13.2 Å². The number of hydrogen-bond acceptors (Lipinski definition) is 3. The SMILES string of the molecule is CCOc1ccc(CCCNC(=O)[C@@H]2CCCN(Cc3ccc(F)cc3)C2)cc1. The number of carbonyl (C=O) groups excluding carboxylic acids is 1. The lowest BCUT2D eigenvalue weighted by Crippen LogP contribution is -2.42. The minimum atomic E-state index is -0.213. The van der Waals surface area contributed by atoms with Gasteiger partial charge in [0.2, 0.25) is 5.91 Å². The zero-order valence-corrected chi connectivity index (χ0v) is 17.2. The van der Waals surface area contributed by atoms with Gasteiger partial charge in [-0.25, -0.2) is 4.39 Å². The van der Waals surface area contributed by atoms with E-state index in [2.05, 4.69) is 22.3 Å². The highest BCUT2D eigenvalue weighted by Gasteiger charge is 2.25. The van der Waals surface area contributed by atoms with E-state index in [1.54, 1.807) is 0 Å². The Kier molecular flexibility index (Phi) is 8.05. The summed E-state index contributed by atoms with van der Waals surface area (Å²) in [5, 5.41) is 3.11. The summed E-state index contributed by atoms with van der Waals surface area (Å²) in [5.41, 5.74) is 2.34. The van der Waals surface area contributed by atoms with E-state index in [0.717, 1.165) is 56.6 Å². The van der Waals surface area contributed by atoms with E-state index in [4.69, 9.17) is 4.74 Å². The minimum Gasteiger partial charge on any atom is -0.494 e. The number of amides is 1. The summed E-state index contributed by atoms with van der Waals surface area (Å²) in [6.45, 7) is 5.86. The second kappa shape index (κ2) is 11.0. The van der Waals surface area contributed by atoms with Crippen molar-refractivity contribution in [2.75, 3.05) is 26.2 Å². The molecular formula is C24H31FN2O2. The number of piperidine rings is 1. The van der Waals surface area contributed by atoms with Crippen molar-refractivity contribution in [2.45, 2.75) is 39.2 Å². The van der Waals surface area contributed by atoms with Crippen molar-refractivity contribution in [3.8, 4) is 5.75 Å². The van der Waals surface area contributed by atoms with Gasteiger partial charge in [0, 0.05) is 19.6 Å². The number of carbonyl (C=O) groups is 1. The number of ether oxygens (including phenoxy) is 1. The molecule has 0 saturated carbocycles. The largest absolute Gasteiger partial charge is 0.494 e. The van der Waals surface area contributed by atoms with Crippen LogP contribution in [0.4, 0.5) is 4.39 Å². The average molecular weight is 399 g/mol. The Bertz CT molecular complexity index is 761. The van der Waals surface area contributed by atoms with Gasteiger partial charge in [0.25, 0.3) is 0 Å². The van der Waals surface area contributed by atoms with Crippen LogP contribution in [0.2, 0.25) is 0 Å². The Labute approximate surface area is 173 Å². The van der Waals surface area contributed by atoms with Crippen LogP contribution in [0.3, 0.4) is 0 Å². The van der Waals surface area contributed by atoms with Gasteiger partial charge in [-0.05, 0) is 74.5 Å². The third-order valence-corrected chi connectivity index (χ3v) is 5.37. The highest BCUT2D eigenvalue weighted by atomic mass is 19.1. The topological polar surface area (TPSA) is 41.6 Å². The Morgan fingerprint density at radius 1 is 1.14 bits per heavy atom. The summed E-state index contributed by atoms with van der Waals surface area (Å²) in [6, 6.07) is 14.8. The Balaban J connectivity index is 1.37. The van der Waals surface area contributed by atoms with Gasteiger partial charge in [0.05, 0.1) is 12.5 Å². The molecule has 29 heavy (non-hydrogen) atoms. The molecule has 0 spiro atoms. The van der Waals surface area contributed by atoms with E-state index in [1.807, 2.05) is 31.2 Å². The summed E-state index contributed by atoms with van der Waals surface area (Å²) in [6.07, 6.45) is 3.82. The number of rotatable bonds is 9. The zero-order valence-electron chi connectivity index (χ0n) is 17.2. The molecule has 0 aliphatic carbocycles. The van der Waals surface area contributed by atoms with Crippen LogP contribution in [0.15, 0.2) is 48.5 Å². The van der Waals surface area contributed by atoms with Crippen LogP contribution in [-0.2, 0) is 17.8 Å². The van der Waals surface area contributed by atoms with E-state index in [1.165, 1.54) is 17.7 Å². The first-order valence-electron chi connectivity index (χ1n) is 10.6. The Morgan fingerprint density at radius 3 is 2.59 bits per heavy atom. The Hall–Kier alpha value is -2.40. The van der Waals surface area contributed by atoms with Gasteiger partial charge in [0.1, 0.15) is 11.6 Å². The van der Waals surface area contributed by atoms with Gasteiger partial charge < -0.3 is 10.1 Å². The van der Waals surface area contributed by atoms with Gasteiger partial charge in [-0.1, -0.05) is 24.3 Å². The standard InChI is InChI=1S/C24H31FN2O2/c1-2-29-23-13-9-19(10-14-23)5-3-15-26-24(28)21-6-4-16-27(18-21)17-20-7-11-22(25)12-8-20/h7-14,21H,2-6,15-18H2,1H3,(H,26,28)/t21-/m1/s1. The summed E-state index contributed by atoms with van der Waals surface area (Å²) in [5.74, 6) is 0.872. The lowest BCUT2D eigenvalue weighted by atomic mass is 9.96. The number of benzene rings is 2. The van der Waals surface area contributed by atoms with E-state index in [9.17, 15) is 9.18 Å². The molecule has 2 aromatic rings. The van der Waals surface area contributed by atoms with Crippen LogP contribution in [0.25, 0.3) is 0 Å². The van der Waals surface area contributed by atoms with Crippen molar-refractivity contribution in [2.24, 2.45) is 5.92 Å². The smallest absolute Gasteiger partial charge is 0.224 e. The van der Waals surface area contributed by atoms with Crippen LogP contribution < -0.4 is 10.1 Å². The highest BCUT2D eigenvalue weighted by Crippen LogP contribution is 2.19. The molecule has 1 N–H and O–H groups in total. The molecule has 156 valence electrons. The lowest BCUT2D eigenvalue weighted by molar-refractivity contribution is -0.126. The molecule has 2 aromatic carbocycles. The van der Waals surface area contributed by atoms with Crippen LogP contribution in [0.1, 0.15) is 37.3 Å². The molecule has 1 atom stereocenters. The van der Waals surface area contributed by atoms with Gasteiger partial charge in [-0.3, -0.25) is 9.69 Å². The first-order chi connectivity index (χ1) is 14.1. The van der Waals surface area contributed by atoms with Crippen molar-refractivity contribution >= 4 is 5.91 Å². The molecule has 0 unspecified atom stereocenters. The van der Waals surface area contributed by atoms with Crippen molar-refractivity contribution in [3.63, 3.8) is 0 Å². The second-order valence-corrected chi connectivity index (χ2v) is 7.67. The molecule has 4 nitrogen and oxygen atoms in total. The normalized spacial score (nSPS) is 17.1. The fourth-order valence-electron chi connectivity index (χ4n) is 3.83. The zero-order chi connectivity index (χ0) is 20.5. The van der Waals surface area contributed by atoms with Crippen LogP contribution in [0.5, 0.6) is 5.75 Å². The maximum absolute atomic E-state index is 13.1. The second-order valence-electron chi connectivity index (χ2n) is 7.67. The molecule has 1 amide bonds. The summed E-state index contributed by atoms with van der Waals surface area (Å²) in [7, 11) is 0. The molecule has 1 aliphatic heterocycles. The predicted molar refractivity (Wildman–Crippen MR) is 113 cm³/mol. The van der Waals surface area contributed by atoms with Crippen molar-refractivity contribution < 1.29 is 13.9 Å². The van der Waals surface area contributed by atoms with Crippen LogP contribution in [-0.4, -0.2) is 37.0 Å². The van der Waals surface area contributed by atoms with Gasteiger partial charge in [0.15, 0.2) is 0 Å². The maximum atomic E-state index is 13.1. The minimum absolute atomic E-state index is 0.0367.